The lowest BCUT2D eigenvalue weighted by molar-refractivity contribution is -0.183. The largest absolute Gasteiger partial charge is 0.459 e. The van der Waals surface area contributed by atoms with Gasteiger partial charge in [0, 0.05) is 31.1 Å². The highest BCUT2D eigenvalue weighted by Crippen LogP contribution is 2.36. The van der Waals surface area contributed by atoms with Gasteiger partial charge in [-0.2, -0.15) is 0 Å². The van der Waals surface area contributed by atoms with E-state index in [2.05, 4.69) is 11.9 Å². The summed E-state index contributed by atoms with van der Waals surface area (Å²) in [5.41, 5.74) is -0.466. The number of benzene rings is 2. The number of hydrogen-bond donors (Lipinski definition) is 0. The third kappa shape index (κ3) is 4.19. The lowest BCUT2D eigenvalue weighted by atomic mass is 9.85. The molecule has 0 N–H and O–H groups in total. The standard InChI is InChI=1S/C22H25NO4/c1-17(24)27-22(18-9-5-3-6-10-18,19-11-7-4-8-12-19)21(25)26-20-13-15-23(2)16-14-20/h3-12,20H,13-16H2,1-2H3. The molecule has 27 heavy (non-hydrogen) atoms. The highest BCUT2D eigenvalue weighted by Gasteiger charge is 2.48. The molecule has 0 aromatic heterocycles. The number of carbonyl (C=O) groups is 2. The van der Waals surface area contributed by atoms with Crippen LogP contribution in [0.4, 0.5) is 0 Å². The van der Waals surface area contributed by atoms with E-state index in [1.165, 1.54) is 6.92 Å². The van der Waals surface area contributed by atoms with E-state index in [0.29, 0.717) is 11.1 Å². The number of piperidine rings is 1. The highest BCUT2D eigenvalue weighted by atomic mass is 16.6. The van der Waals surface area contributed by atoms with Gasteiger partial charge in [0.15, 0.2) is 0 Å². The number of likely N-dealkylation sites (tertiary alicyclic amines) is 1. The quantitative estimate of drug-likeness (QED) is 0.760. The van der Waals surface area contributed by atoms with Crippen LogP contribution in [0, 0.1) is 0 Å². The molecule has 0 aliphatic carbocycles. The Hall–Kier alpha value is -2.66. The van der Waals surface area contributed by atoms with E-state index < -0.39 is 17.5 Å². The Morgan fingerprint density at radius 1 is 0.926 bits per heavy atom. The smallest absolute Gasteiger partial charge is 0.360 e. The van der Waals surface area contributed by atoms with E-state index in [1.54, 1.807) is 24.3 Å². The molecule has 0 amide bonds. The van der Waals surface area contributed by atoms with E-state index in [4.69, 9.17) is 9.47 Å². The fourth-order valence-electron chi connectivity index (χ4n) is 3.46. The Morgan fingerprint density at radius 2 is 1.41 bits per heavy atom. The van der Waals surface area contributed by atoms with E-state index in [-0.39, 0.29) is 6.10 Å². The molecule has 0 saturated carbocycles. The average molecular weight is 367 g/mol. The van der Waals surface area contributed by atoms with Crippen molar-refractivity contribution in [1.82, 2.24) is 4.90 Å². The normalized spacial score (nSPS) is 15.9. The number of nitrogens with zero attached hydrogens (tertiary/aromatic N) is 1. The predicted octanol–water partition coefficient (Wildman–Crippen LogP) is 3.13. The van der Waals surface area contributed by atoms with Crippen LogP contribution in [-0.4, -0.2) is 43.1 Å². The van der Waals surface area contributed by atoms with Crippen LogP contribution in [0.25, 0.3) is 0 Å². The SMILES string of the molecule is CC(=O)OC(C(=O)OC1CCN(C)CC1)(c1ccccc1)c1ccccc1. The fraction of sp³-hybridized carbons (Fsp3) is 0.364. The van der Waals surface area contributed by atoms with Crippen molar-refractivity contribution in [2.75, 3.05) is 20.1 Å². The molecule has 1 heterocycles. The maximum absolute atomic E-state index is 13.4. The molecular weight excluding hydrogens is 342 g/mol. The van der Waals surface area contributed by atoms with E-state index >= 15 is 0 Å². The third-order valence-electron chi connectivity index (χ3n) is 4.88. The van der Waals surface area contributed by atoms with Crippen molar-refractivity contribution in [3.8, 4) is 0 Å². The molecule has 0 unspecified atom stereocenters. The minimum atomic E-state index is -1.61. The van der Waals surface area contributed by atoms with Gasteiger partial charge in [-0.15, -0.1) is 0 Å². The lowest BCUT2D eigenvalue weighted by Crippen LogP contribution is -2.45. The molecule has 1 aliphatic rings. The van der Waals surface area contributed by atoms with Crippen LogP contribution in [-0.2, 0) is 24.7 Å². The van der Waals surface area contributed by atoms with E-state index in [1.807, 2.05) is 36.4 Å². The zero-order chi connectivity index (χ0) is 19.3. The van der Waals surface area contributed by atoms with Crippen molar-refractivity contribution in [1.29, 1.82) is 0 Å². The number of rotatable bonds is 5. The summed E-state index contributed by atoms with van der Waals surface area (Å²) in [4.78, 5) is 27.7. The van der Waals surface area contributed by atoms with E-state index in [9.17, 15) is 9.59 Å². The van der Waals surface area contributed by atoms with Crippen molar-refractivity contribution >= 4 is 11.9 Å². The molecule has 1 fully saturated rings. The Bertz CT molecular complexity index is 728. The van der Waals surface area contributed by atoms with Gasteiger partial charge in [-0.3, -0.25) is 4.79 Å². The number of hydrogen-bond acceptors (Lipinski definition) is 5. The molecule has 3 rings (SSSR count). The molecule has 1 saturated heterocycles. The second-order valence-electron chi connectivity index (χ2n) is 6.91. The minimum Gasteiger partial charge on any atom is -0.459 e. The van der Waals surface area contributed by atoms with Crippen LogP contribution < -0.4 is 0 Å². The first kappa shape index (κ1) is 19.1. The third-order valence-corrected chi connectivity index (χ3v) is 4.88. The summed E-state index contributed by atoms with van der Waals surface area (Å²) >= 11 is 0. The van der Waals surface area contributed by atoms with Gasteiger partial charge < -0.3 is 14.4 Å². The number of carbonyl (C=O) groups excluding carboxylic acids is 2. The summed E-state index contributed by atoms with van der Waals surface area (Å²) in [6.07, 6.45) is 1.35. The first-order valence-electron chi connectivity index (χ1n) is 9.22. The van der Waals surface area contributed by atoms with Gasteiger partial charge in [-0.05, 0) is 19.9 Å². The molecule has 5 heteroatoms. The van der Waals surface area contributed by atoms with Crippen LogP contribution in [0.2, 0.25) is 0 Å². The summed E-state index contributed by atoms with van der Waals surface area (Å²) in [6.45, 7) is 3.05. The first-order chi connectivity index (χ1) is 13.0. The van der Waals surface area contributed by atoms with Gasteiger partial charge in [0.25, 0.3) is 5.60 Å². The lowest BCUT2D eigenvalue weighted by Gasteiger charge is -2.35. The zero-order valence-corrected chi connectivity index (χ0v) is 15.8. The van der Waals surface area contributed by atoms with Crippen molar-refractivity contribution < 1.29 is 19.1 Å². The summed E-state index contributed by atoms with van der Waals surface area (Å²) < 4.78 is 11.6. The molecule has 142 valence electrons. The van der Waals surface area contributed by atoms with Gasteiger partial charge in [-0.1, -0.05) is 60.7 Å². The number of ether oxygens (including phenoxy) is 2. The van der Waals surface area contributed by atoms with Gasteiger partial charge in [0.2, 0.25) is 0 Å². The van der Waals surface area contributed by atoms with Crippen LogP contribution in [0.3, 0.4) is 0 Å². The molecule has 2 aromatic rings. The molecule has 0 atom stereocenters. The summed E-state index contributed by atoms with van der Waals surface area (Å²) in [7, 11) is 2.05. The molecule has 5 nitrogen and oxygen atoms in total. The van der Waals surface area contributed by atoms with Gasteiger partial charge in [0.1, 0.15) is 6.10 Å². The second kappa shape index (κ2) is 8.35. The van der Waals surface area contributed by atoms with Crippen molar-refractivity contribution in [3.63, 3.8) is 0 Å². The topological polar surface area (TPSA) is 55.8 Å². The predicted molar refractivity (Wildman–Crippen MR) is 102 cm³/mol. The summed E-state index contributed by atoms with van der Waals surface area (Å²) in [6, 6.07) is 18.1. The summed E-state index contributed by atoms with van der Waals surface area (Å²) in [5, 5.41) is 0. The molecule has 0 bridgehead atoms. The van der Waals surface area contributed by atoms with E-state index in [0.717, 1.165) is 25.9 Å². The van der Waals surface area contributed by atoms with Crippen molar-refractivity contribution in [2.24, 2.45) is 0 Å². The fourth-order valence-corrected chi connectivity index (χ4v) is 3.46. The summed E-state index contributed by atoms with van der Waals surface area (Å²) in [5.74, 6) is -1.09. The van der Waals surface area contributed by atoms with Crippen LogP contribution in [0.1, 0.15) is 30.9 Å². The van der Waals surface area contributed by atoms with Crippen molar-refractivity contribution in [3.05, 3.63) is 71.8 Å². The molecule has 0 spiro atoms. The second-order valence-corrected chi connectivity index (χ2v) is 6.91. The Morgan fingerprint density at radius 3 is 1.85 bits per heavy atom. The maximum Gasteiger partial charge on any atom is 0.360 e. The van der Waals surface area contributed by atoms with Gasteiger partial charge in [0.05, 0.1) is 0 Å². The Balaban J connectivity index is 2.02. The highest BCUT2D eigenvalue weighted by molar-refractivity contribution is 5.88. The van der Waals surface area contributed by atoms with Crippen LogP contribution >= 0.6 is 0 Å². The molecule has 0 radical (unpaired) electrons. The van der Waals surface area contributed by atoms with Crippen molar-refractivity contribution in [2.45, 2.75) is 31.5 Å². The maximum atomic E-state index is 13.4. The monoisotopic (exact) mass is 367 g/mol. The van der Waals surface area contributed by atoms with Gasteiger partial charge in [-0.25, -0.2) is 4.79 Å². The van der Waals surface area contributed by atoms with Gasteiger partial charge >= 0.3 is 11.9 Å². The Labute approximate surface area is 159 Å². The molecule has 1 aliphatic heterocycles. The molecule has 2 aromatic carbocycles. The molecular formula is C22H25NO4. The Kier molecular flexibility index (Phi) is 5.91. The van der Waals surface area contributed by atoms with Crippen LogP contribution in [0.5, 0.6) is 0 Å². The van der Waals surface area contributed by atoms with Crippen LogP contribution in [0.15, 0.2) is 60.7 Å². The number of esters is 2. The first-order valence-corrected chi connectivity index (χ1v) is 9.22. The minimum absolute atomic E-state index is 0.184. The average Bonchev–Trinajstić information content (AvgIpc) is 2.69. The zero-order valence-electron chi connectivity index (χ0n) is 15.8.